The highest BCUT2D eigenvalue weighted by molar-refractivity contribution is 5.93. The number of rotatable bonds is 7. The molecule has 5 nitrogen and oxygen atoms in total. The molecule has 172 valence electrons. The molecule has 1 fully saturated rings. The first-order valence-electron chi connectivity index (χ1n) is 11.4. The van der Waals surface area contributed by atoms with Crippen molar-refractivity contribution in [1.29, 1.82) is 0 Å². The van der Waals surface area contributed by atoms with Crippen LogP contribution in [0.25, 0.3) is 11.1 Å². The number of carbonyl (C=O) groups excluding carboxylic acids is 1. The number of nitrogens with zero attached hydrogens (tertiary/aromatic N) is 1. The lowest BCUT2D eigenvalue weighted by molar-refractivity contribution is -0.121. The van der Waals surface area contributed by atoms with Gasteiger partial charge < -0.3 is 15.2 Å². The Balaban J connectivity index is 1.32. The van der Waals surface area contributed by atoms with Crippen molar-refractivity contribution in [2.75, 3.05) is 25.0 Å². The van der Waals surface area contributed by atoms with Crippen LogP contribution >= 0.6 is 0 Å². The third-order valence-electron chi connectivity index (χ3n) is 5.98. The van der Waals surface area contributed by atoms with Gasteiger partial charge in [-0.1, -0.05) is 30.3 Å². The molecule has 1 aliphatic rings. The smallest absolute Gasteiger partial charge is 0.227 e. The Labute approximate surface area is 193 Å². The molecule has 1 heterocycles. The molecule has 0 saturated carbocycles. The van der Waals surface area contributed by atoms with Crippen LogP contribution in [0.1, 0.15) is 25.3 Å². The summed E-state index contributed by atoms with van der Waals surface area (Å²) in [4.78, 5) is 15.2. The number of carbonyl (C=O) groups is 1. The van der Waals surface area contributed by atoms with Gasteiger partial charge in [-0.25, -0.2) is 4.39 Å². The van der Waals surface area contributed by atoms with E-state index in [9.17, 15) is 14.3 Å². The van der Waals surface area contributed by atoms with Gasteiger partial charge in [-0.3, -0.25) is 9.69 Å². The van der Waals surface area contributed by atoms with Crippen molar-refractivity contribution in [3.8, 4) is 22.6 Å². The standard InChI is InChI=1S/C27H29FN2O3/c1-2-33-26-15-19(9-10-25(26)31)18-30-13-11-20(12-14-30)27(32)29-24-8-4-6-22(17-24)21-5-3-7-23(28)16-21/h3-10,15-17,20,31H,2,11-14,18H2,1H3,(H,29,32). The van der Waals surface area contributed by atoms with Gasteiger partial charge in [0.25, 0.3) is 0 Å². The average Bonchev–Trinajstić information content (AvgIpc) is 2.82. The van der Waals surface area contributed by atoms with Gasteiger partial charge in [0.2, 0.25) is 5.91 Å². The highest BCUT2D eigenvalue weighted by Crippen LogP contribution is 2.29. The van der Waals surface area contributed by atoms with Crippen molar-refractivity contribution in [3.63, 3.8) is 0 Å². The van der Waals surface area contributed by atoms with Crippen LogP contribution in [0.5, 0.6) is 11.5 Å². The fourth-order valence-electron chi connectivity index (χ4n) is 4.23. The fourth-order valence-corrected chi connectivity index (χ4v) is 4.23. The third kappa shape index (κ3) is 5.90. The second kappa shape index (κ2) is 10.5. The van der Waals surface area contributed by atoms with Crippen LogP contribution in [0.2, 0.25) is 0 Å². The monoisotopic (exact) mass is 448 g/mol. The Morgan fingerprint density at radius 2 is 1.79 bits per heavy atom. The summed E-state index contributed by atoms with van der Waals surface area (Å²) in [5, 5.41) is 12.9. The first kappa shape index (κ1) is 22.8. The van der Waals surface area contributed by atoms with Crippen LogP contribution in [-0.2, 0) is 11.3 Å². The Morgan fingerprint density at radius 1 is 1.06 bits per heavy atom. The molecule has 1 saturated heterocycles. The van der Waals surface area contributed by atoms with E-state index in [4.69, 9.17) is 4.74 Å². The molecular formula is C27H29FN2O3. The van der Waals surface area contributed by atoms with Gasteiger partial charge in [0.05, 0.1) is 6.61 Å². The molecule has 0 aromatic heterocycles. The SMILES string of the molecule is CCOc1cc(CN2CCC(C(=O)Nc3cccc(-c4cccc(F)c4)c3)CC2)ccc1O. The van der Waals surface area contributed by atoms with Crippen molar-refractivity contribution in [2.45, 2.75) is 26.3 Å². The summed E-state index contributed by atoms with van der Waals surface area (Å²) in [6.07, 6.45) is 1.57. The molecule has 0 spiro atoms. The molecule has 1 aliphatic heterocycles. The number of nitrogens with one attached hydrogen (secondary N) is 1. The number of benzene rings is 3. The lowest BCUT2D eigenvalue weighted by Crippen LogP contribution is -2.37. The first-order valence-corrected chi connectivity index (χ1v) is 11.4. The van der Waals surface area contributed by atoms with Crippen LogP contribution in [0.4, 0.5) is 10.1 Å². The predicted octanol–water partition coefficient (Wildman–Crippen LogP) is 5.45. The fraction of sp³-hybridized carbons (Fsp3) is 0.296. The van der Waals surface area contributed by atoms with E-state index in [0.717, 1.165) is 54.9 Å². The first-order chi connectivity index (χ1) is 16.0. The summed E-state index contributed by atoms with van der Waals surface area (Å²) >= 11 is 0. The highest BCUT2D eigenvalue weighted by atomic mass is 19.1. The van der Waals surface area contributed by atoms with Gasteiger partial charge in [-0.15, -0.1) is 0 Å². The van der Waals surface area contributed by atoms with Gasteiger partial charge >= 0.3 is 0 Å². The number of hydrogen-bond donors (Lipinski definition) is 2. The summed E-state index contributed by atoms with van der Waals surface area (Å²) < 4.78 is 19.0. The van der Waals surface area contributed by atoms with Crippen LogP contribution < -0.4 is 10.1 Å². The number of likely N-dealkylation sites (tertiary alicyclic amines) is 1. The second-order valence-corrected chi connectivity index (χ2v) is 8.37. The van der Waals surface area contributed by atoms with Crippen LogP contribution in [0, 0.1) is 11.7 Å². The molecule has 3 aromatic rings. The predicted molar refractivity (Wildman–Crippen MR) is 128 cm³/mol. The van der Waals surface area contributed by atoms with Crippen molar-refractivity contribution in [1.82, 2.24) is 4.90 Å². The number of phenols is 1. The zero-order valence-corrected chi connectivity index (χ0v) is 18.8. The van der Waals surface area contributed by atoms with E-state index < -0.39 is 0 Å². The van der Waals surface area contributed by atoms with E-state index >= 15 is 0 Å². The topological polar surface area (TPSA) is 61.8 Å². The Morgan fingerprint density at radius 3 is 2.52 bits per heavy atom. The summed E-state index contributed by atoms with van der Waals surface area (Å²) in [5.41, 5.74) is 3.44. The van der Waals surface area contributed by atoms with Gasteiger partial charge in [0.15, 0.2) is 11.5 Å². The van der Waals surface area contributed by atoms with E-state index in [1.165, 1.54) is 12.1 Å². The number of ether oxygens (including phenoxy) is 1. The maximum absolute atomic E-state index is 13.6. The van der Waals surface area contributed by atoms with Gasteiger partial charge in [-0.2, -0.15) is 0 Å². The molecule has 6 heteroatoms. The van der Waals surface area contributed by atoms with Crippen LogP contribution in [0.3, 0.4) is 0 Å². The van der Waals surface area contributed by atoms with E-state index in [1.807, 2.05) is 49.4 Å². The number of aromatic hydroxyl groups is 1. The van der Waals surface area contributed by atoms with E-state index in [1.54, 1.807) is 12.1 Å². The molecule has 0 bridgehead atoms. The van der Waals surface area contributed by atoms with Crippen LogP contribution in [0.15, 0.2) is 66.7 Å². The highest BCUT2D eigenvalue weighted by Gasteiger charge is 2.25. The van der Waals surface area contributed by atoms with Crippen molar-refractivity contribution in [3.05, 3.63) is 78.1 Å². The van der Waals surface area contributed by atoms with Gasteiger partial charge in [-0.05, 0) is 85.9 Å². The molecule has 2 N–H and O–H groups in total. The van der Waals surface area contributed by atoms with E-state index in [0.29, 0.717) is 12.4 Å². The minimum Gasteiger partial charge on any atom is -0.504 e. The Hall–Kier alpha value is -3.38. The molecule has 0 aliphatic carbocycles. The Bertz CT molecular complexity index is 1110. The minimum atomic E-state index is -0.282. The lowest BCUT2D eigenvalue weighted by atomic mass is 9.95. The molecule has 33 heavy (non-hydrogen) atoms. The largest absolute Gasteiger partial charge is 0.504 e. The summed E-state index contributed by atoms with van der Waals surface area (Å²) in [6, 6.07) is 19.4. The molecular weight excluding hydrogens is 419 g/mol. The molecule has 0 unspecified atom stereocenters. The zero-order chi connectivity index (χ0) is 23.2. The minimum absolute atomic E-state index is 0.0225. The van der Waals surface area contributed by atoms with Crippen molar-refractivity contribution in [2.24, 2.45) is 5.92 Å². The van der Waals surface area contributed by atoms with Crippen molar-refractivity contribution >= 4 is 11.6 Å². The number of phenolic OH excluding ortho intramolecular Hbond substituents is 1. The number of piperidine rings is 1. The summed E-state index contributed by atoms with van der Waals surface area (Å²) in [5.74, 6) is 0.351. The second-order valence-electron chi connectivity index (χ2n) is 8.37. The third-order valence-corrected chi connectivity index (χ3v) is 5.98. The molecule has 3 aromatic carbocycles. The average molecular weight is 449 g/mol. The maximum Gasteiger partial charge on any atom is 0.227 e. The Kier molecular flexibility index (Phi) is 7.25. The normalized spacial score (nSPS) is 14.7. The van der Waals surface area contributed by atoms with E-state index in [2.05, 4.69) is 10.2 Å². The van der Waals surface area contributed by atoms with Gasteiger partial charge in [0.1, 0.15) is 5.82 Å². The molecule has 4 rings (SSSR count). The molecule has 0 radical (unpaired) electrons. The van der Waals surface area contributed by atoms with E-state index in [-0.39, 0.29) is 23.4 Å². The lowest BCUT2D eigenvalue weighted by Gasteiger charge is -2.31. The van der Waals surface area contributed by atoms with Gasteiger partial charge in [0, 0.05) is 18.2 Å². The van der Waals surface area contributed by atoms with Crippen molar-refractivity contribution < 1.29 is 19.0 Å². The number of anilines is 1. The molecule has 1 amide bonds. The summed E-state index contributed by atoms with van der Waals surface area (Å²) in [6.45, 7) is 4.80. The zero-order valence-electron chi connectivity index (χ0n) is 18.8. The quantitative estimate of drug-likeness (QED) is 0.505. The number of hydrogen-bond acceptors (Lipinski definition) is 4. The van der Waals surface area contributed by atoms with Crippen LogP contribution in [-0.4, -0.2) is 35.6 Å². The number of amides is 1. The maximum atomic E-state index is 13.6. The summed E-state index contributed by atoms with van der Waals surface area (Å²) in [7, 11) is 0. The molecule has 0 atom stereocenters. The number of halogens is 1.